The summed E-state index contributed by atoms with van der Waals surface area (Å²) in [5.74, 6) is 0.0733. The Balaban J connectivity index is 2.07. The number of nitrogens with zero attached hydrogens (tertiary/aromatic N) is 4. The lowest BCUT2D eigenvalue weighted by atomic mass is 10.1. The molecular formula is C10H14N6O4. The van der Waals surface area contributed by atoms with E-state index in [0.29, 0.717) is 5.52 Å². The molecule has 3 heterocycles. The second kappa shape index (κ2) is 4.52. The van der Waals surface area contributed by atoms with E-state index in [1.807, 2.05) is 0 Å². The van der Waals surface area contributed by atoms with E-state index in [1.54, 1.807) is 0 Å². The number of aromatic nitrogens is 4. The molecule has 0 radical (unpaired) electrons. The lowest BCUT2D eigenvalue weighted by molar-refractivity contribution is -0.0508. The molecule has 4 atom stereocenters. The van der Waals surface area contributed by atoms with Crippen molar-refractivity contribution in [2.75, 3.05) is 18.1 Å². The largest absolute Gasteiger partial charge is 0.394 e. The Morgan fingerprint density at radius 3 is 2.65 bits per heavy atom. The van der Waals surface area contributed by atoms with Crippen molar-refractivity contribution in [3.63, 3.8) is 0 Å². The number of imidazole rings is 1. The van der Waals surface area contributed by atoms with Crippen LogP contribution in [0, 0.1) is 0 Å². The smallest absolute Gasteiger partial charge is 0.224 e. The van der Waals surface area contributed by atoms with Crippen molar-refractivity contribution in [2.45, 2.75) is 24.5 Å². The first kappa shape index (κ1) is 13.0. The molecule has 1 aliphatic heterocycles. The maximum Gasteiger partial charge on any atom is 0.224 e. The van der Waals surface area contributed by atoms with Gasteiger partial charge in [-0.25, -0.2) is 4.98 Å². The Bertz CT molecular complexity index is 646. The zero-order valence-corrected chi connectivity index (χ0v) is 10.3. The van der Waals surface area contributed by atoms with Crippen LogP contribution in [0.4, 0.5) is 11.8 Å². The number of nitrogens with two attached hydrogens (primary N) is 2. The molecule has 20 heavy (non-hydrogen) atoms. The van der Waals surface area contributed by atoms with Crippen LogP contribution in [0.25, 0.3) is 11.2 Å². The van der Waals surface area contributed by atoms with E-state index in [0.717, 1.165) is 0 Å². The number of hydrogen-bond donors (Lipinski definition) is 5. The highest BCUT2D eigenvalue weighted by molar-refractivity contribution is 5.83. The highest BCUT2D eigenvalue weighted by atomic mass is 16.6. The summed E-state index contributed by atoms with van der Waals surface area (Å²) in [6, 6.07) is 0. The van der Waals surface area contributed by atoms with E-state index in [4.69, 9.17) is 21.3 Å². The van der Waals surface area contributed by atoms with Crippen molar-refractivity contribution in [2.24, 2.45) is 0 Å². The van der Waals surface area contributed by atoms with E-state index in [-0.39, 0.29) is 17.4 Å². The number of aliphatic hydroxyl groups excluding tert-OH is 3. The fourth-order valence-electron chi connectivity index (χ4n) is 2.29. The molecule has 1 saturated heterocycles. The normalized spacial score (nSPS) is 30.1. The number of nitrogen functional groups attached to an aromatic ring is 2. The third-order valence-electron chi connectivity index (χ3n) is 3.26. The summed E-state index contributed by atoms with van der Waals surface area (Å²) in [5.41, 5.74) is 11.9. The van der Waals surface area contributed by atoms with Gasteiger partial charge in [0.05, 0.1) is 6.61 Å². The van der Waals surface area contributed by atoms with Gasteiger partial charge in [0.15, 0.2) is 17.7 Å². The van der Waals surface area contributed by atoms with Gasteiger partial charge in [-0.2, -0.15) is 9.97 Å². The van der Waals surface area contributed by atoms with Crippen molar-refractivity contribution in [1.82, 2.24) is 19.5 Å². The van der Waals surface area contributed by atoms with Crippen molar-refractivity contribution in [1.29, 1.82) is 0 Å². The van der Waals surface area contributed by atoms with Gasteiger partial charge in [-0.3, -0.25) is 4.57 Å². The molecule has 7 N–H and O–H groups in total. The van der Waals surface area contributed by atoms with Gasteiger partial charge in [0, 0.05) is 0 Å². The summed E-state index contributed by atoms with van der Waals surface area (Å²) in [4.78, 5) is 11.8. The zero-order valence-electron chi connectivity index (χ0n) is 10.3. The average Bonchev–Trinajstić information content (AvgIpc) is 2.93. The van der Waals surface area contributed by atoms with Crippen molar-refractivity contribution in [3.8, 4) is 0 Å². The first-order valence-electron chi connectivity index (χ1n) is 5.91. The summed E-state index contributed by atoms with van der Waals surface area (Å²) in [6.45, 7) is -0.416. The van der Waals surface area contributed by atoms with Crippen molar-refractivity contribution >= 4 is 22.9 Å². The van der Waals surface area contributed by atoms with E-state index >= 15 is 0 Å². The van der Waals surface area contributed by atoms with Gasteiger partial charge >= 0.3 is 0 Å². The minimum atomic E-state index is -1.23. The Labute approximate surface area is 112 Å². The molecule has 0 aromatic carbocycles. The van der Waals surface area contributed by atoms with Crippen LogP contribution in [0.15, 0.2) is 6.33 Å². The summed E-state index contributed by atoms with van der Waals surface area (Å²) in [7, 11) is 0. The molecule has 0 aliphatic carbocycles. The zero-order chi connectivity index (χ0) is 14.4. The van der Waals surface area contributed by atoms with Crippen LogP contribution in [-0.2, 0) is 4.74 Å². The average molecular weight is 282 g/mol. The van der Waals surface area contributed by atoms with Crippen LogP contribution in [0.5, 0.6) is 0 Å². The van der Waals surface area contributed by atoms with Gasteiger partial charge < -0.3 is 31.5 Å². The first-order chi connectivity index (χ1) is 9.52. The number of hydrogen-bond acceptors (Lipinski definition) is 9. The number of anilines is 2. The summed E-state index contributed by atoms with van der Waals surface area (Å²) < 4.78 is 6.81. The van der Waals surface area contributed by atoms with E-state index in [9.17, 15) is 10.2 Å². The molecule has 0 saturated carbocycles. The van der Waals surface area contributed by atoms with Gasteiger partial charge in [0.2, 0.25) is 5.95 Å². The second-order valence-corrected chi connectivity index (χ2v) is 4.52. The molecule has 1 aliphatic rings. The maximum atomic E-state index is 9.99. The van der Waals surface area contributed by atoms with E-state index in [2.05, 4.69) is 15.0 Å². The predicted octanol–water partition coefficient (Wildman–Crippen LogP) is -2.40. The number of aliphatic hydroxyl groups is 3. The third-order valence-corrected chi connectivity index (χ3v) is 3.26. The topological polar surface area (TPSA) is 166 Å². The van der Waals surface area contributed by atoms with Gasteiger partial charge in [-0.1, -0.05) is 0 Å². The molecule has 2 aromatic rings. The molecule has 108 valence electrons. The highest BCUT2D eigenvalue weighted by Crippen LogP contribution is 2.32. The predicted molar refractivity (Wildman–Crippen MR) is 67.2 cm³/mol. The van der Waals surface area contributed by atoms with Crippen LogP contribution in [-0.4, -0.2) is 59.8 Å². The lowest BCUT2D eigenvalue weighted by Crippen LogP contribution is -2.33. The molecule has 0 spiro atoms. The fraction of sp³-hybridized carbons (Fsp3) is 0.500. The Morgan fingerprint density at radius 2 is 2.00 bits per heavy atom. The third kappa shape index (κ3) is 1.78. The summed E-state index contributed by atoms with van der Waals surface area (Å²) in [5, 5.41) is 28.8. The maximum absolute atomic E-state index is 9.99. The number of rotatable bonds is 2. The Kier molecular flexibility index (Phi) is 2.94. The van der Waals surface area contributed by atoms with Crippen LogP contribution in [0.1, 0.15) is 6.23 Å². The number of ether oxygens (including phenoxy) is 1. The van der Waals surface area contributed by atoms with Gasteiger partial charge in [0.25, 0.3) is 0 Å². The van der Waals surface area contributed by atoms with Gasteiger partial charge in [-0.15, -0.1) is 0 Å². The minimum absolute atomic E-state index is 0.0126. The SMILES string of the molecule is Nc1nc(N)c2c(ncn2[C@@H]2O[C@H](CO)[C@@H](O)[C@H]2O)n1. The van der Waals surface area contributed by atoms with Crippen LogP contribution >= 0.6 is 0 Å². The molecule has 10 nitrogen and oxygen atoms in total. The summed E-state index contributed by atoms with van der Waals surface area (Å²) >= 11 is 0. The highest BCUT2D eigenvalue weighted by Gasteiger charge is 2.44. The molecular weight excluding hydrogens is 268 g/mol. The van der Waals surface area contributed by atoms with Crippen LogP contribution < -0.4 is 11.5 Å². The van der Waals surface area contributed by atoms with Crippen molar-refractivity contribution < 1.29 is 20.1 Å². The standard InChI is InChI=1S/C10H14N6O4/c11-7-4-8(15-10(12)14-7)13-2-16(4)9-6(19)5(18)3(1-17)20-9/h2-3,5-6,9,17-19H,1H2,(H4,11,12,14,15)/t3-,5-,6-,9-/m1/s1. The van der Waals surface area contributed by atoms with Gasteiger partial charge in [0.1, 0.15) is 30.2 Å². The summed E-state index contributed by atoms with van der Waals surface area (Å²) in [6.07, 6.45) is -2.92. The quantitative estimate of drug-likeness (QED) is 0.403. The molecule has 1 fully saturated rings. The molecule has 2 aromatic heterocycles. The minimum Gasteiger partial charge on any atom is -0.394 e. The van der Waals surface area contributed by atoms with Crippen LogP contribution in [0.3, 0.4) is 0 Å². The second-order valence-electron chi connectivity index (χ2n) is 4.52. The lowest BCUT2D eigenvalue weighted by Gasteiger charge is -2.17. The molecule has 0 unspecified atom stereocenters. The first-order valence-corrected chi connectivity index (χ1v) is 5.91. The Morgan fingerprint density at radius 1 is 1.25 bits per heavy atom. The number of fused-ring (bicyclic) bond motifs is 1. The molecule has 0 bridgehead atoms. The molecule has 3 rings (SSSR count). The molecule has 10 heteroatoms. The van der Waals surface area contributed by atoms with E-state index < -0.39 is 31.1 Å². The van der Waals surface area contributed by atoms with Crippen molar-refractivity contribution in [3.05, 3.63) is 6.33 Å². The monoisotopic (exact) mass is 282 g/mol. The fourth-order valence-corrected chi connectivity index (χ4v) is 2.29. The molecule has 0 amide bonds. The van der Waals surface area contributed by atoms with Crippen LogP contribution in [0.2, 0.25) is 0 Å². The van der Waals surface area contributed by atoms with Gasteiger partial charge in [-0.05, 0) is 0 Å². The Hall–Kier alpha value is -2.01. The van der Waals surface area contributed by atoms with E-state index in [1.165, 1.54) is 10.9 Å².